The third-order valence-electron chi connectivity index (χ3n) is 4.86. The second-order valence-corrected chi connectivity index (χ2v) is 7.95. The monoisotopic (exact) mass is 489 g/mol. The van der Waals surface area contributed by atoms with Gasteiger partial charge in [0.15, 0.2) is 0 Å². The minimum absolute atomic E-state index is 0.00156. The summed E-state index contributed by atoms with van der Waals surface area (Å²) in [7, 11) is 0. The molecular weight excluding hydrogens is 470 g/mol. The maximum absolute atomic E-state index is 13.6. The number of carbonyl (C=O) groups is 2. The Labute approximate surface area is 196 Å². The number of urea groups is 1. The number of nitrogens with one attached hydrogen (secondary N) is 3. The van der Waals surface area contributed by atoms with Crippen molar-refractivity contribution in [1.29, 1.82) is 0 Å². The highest BCUT2D eigenvalue weighted by Gasteiger charge is 2.31. The Morgan fingerprint density at radius 1 is 0.943 bits per heavy atom. The van der Waals surface area contributed by atoms with Crippen LogP contribution in [0.2, 0.25) is 0 Å². The number of aromatic nitrogens is 2. The zero-order valence-electron chi connectivity index (χ0n) is 18.2. The van der Waals surface area contributed by atoms with Gasteiger partial charge in [0.25, 0.3) is 0 Å². The summed E-state index contributed by atoms with van der Waals surface area (Å²) in [5.41, 5.74) is -0.627. The number of benzene rings is 2. The molecule has 35 heavy (non-hydrogen) atoms. The fourth-order valence-electron chi connectivity index (χ4n) is 3.16. The van der Waals surface area contributed by atoms with Crippen molar-refractivity contribution in [3.8, 4) is 11.6 Å². The summed E-state index contributed by atoms with van der Waals surface area (Å²) in [6, 6.07) is 7.03. The molecule has 182 valence electrons. The maximum Gasteiger partial charge on any atom is 0.416 e. The van der Waals surface area contributed by atoms with E-state index in [2.05, 4.69) is 25.9 Å². The SMILES string of the molecule is Cc1cc(NC(=O)Nc2cc(F)cc(C(F)(F)F)c2)cc(Oc2cc(NC(=O)C3CC3)ncn2)c1. The lowest BCUT2D eigenvalue weighted by Gasteiger charge is -2.13. The van der Waals surface area contributed by atoms with Gasteiger partial charge in [0.1, 0.15) is 23.7 Å². The summed E-state index contributed by atoms with van der Waals surface area (Å²) in [4.78, 5) is 32.2. The normalized spacial score (nSPS) is 13.2. The molecule has 0 bridgehead atoms. The van der Waals surface area contributed by atoms with Crippen molar-refractivity contribution >= 4 is 29.1 Å². The third kappa shape index (κ3) is 6.65. The average molecular weight is 489 g/mol. The van der Waals surface area contributed by atoms with Crippen LogP contribution in [0.1, 0.15) is 24.0 Å². The van der Waals surface area contributed by atoms with Gasteiger partial charge in [-0.3, -0.25) is 4.79 Å². The Morgan fingerprint density at radius 3 is 2.34 bits per heavy atom. The molecule has 1 fully saturated rings. The van der Waals surface area contributed by atoms with E-state index in [1.807, 2.05) is 0 Å². The number of carbonyl (C=O) groups excluding carboxylic acids is 2. The van der Waals surface area contributed by atoms with Crippen LogP contribution >= 0.6 is 0 Å². The first-order valence-corrected chi connectivity index (χ1v) is 10.4. The molecule has 0 unspecified atom stereocenters. The maximum atomic E-state index is 13.6. The molecule has 0 spiro atoms. The predicted molar refractivity (Wildman–Crippen MR) is 119 cm³/mol. The molecule has 3 aromatic rings. The first kappa shape index (κ1) is 23.9. The van der Waals surface area contributed by atoms with Crippen molar-refractivity contribution in [1.82, 2.24) is 9.97 Å². The third-order valence-corrected chi connectivity index (χ3v) is 4.86. The number of amides is 3. The number of rotatable bonds is 6. The second kappa shape index (κ2) is 9.57. The molecule has 0 aliphatic heterocycles. The van der Waals surface area contributed by atoms with Crippen LogP contribution in [0.15, 0.2) is 48.8 Å². The van der Waals surface area contributed by atoms with Crippen LogP contribution < -0.4 is 20.7 Å². The number of ether oxygens (including phenoxy) is 1. The zero-order valence-corrected chi connectivity index (χ0v) is 18.2. The van der Waals surface area contributed by atoms with Crippen LogP contribution in [0.5, 0.6) is 11.6 Å². The fourth-order valence-corrected chi connectivity index (χ4v) is 3.16. The van der Waals surface area contributed by atoms with Gasteiger partial charge in [-0.05, 0) is 55.7 Å². The van der Waals surface area contributed by atoms with Crippen LogP contribution in [0.4, 0.5) is 39.5 Å². The number of hydrogen-bond acceptors (Lipinski definition) is 5. The minimum Gasteiger partial charge on any atom is -0.439 e. The Balaban J connectivity index is 1.44. The van der Waals surface area contributed by atoms with Crippen molar-refractivity contribution in [3.63, 3.8) is 0 Å². The Kier molecular flexibility index (Phi) is 6.54. The summed E-state index contributed by atoms with van der Waals surface area (Å²) in [6.07, 6.45) is -1.85. The highest BCUT2D eigenvalue weighted by Crippen LogP contribution is 2.32. The number of halogens is 4. The molecule has 0 saturated heterocycles. The summed E-state index contributed by atoms with van der Waals surface area (Å²) >= 11 is 0. The minimum atomic E-state index is -4.76. The van der Waals surface area contributed by atoms with Gasteiger partial charge in [-0.25, -0.2) is 19.2 Å². The van der Waals surface area contributed by atoms with Gasteiger partial charge in [0.05, 0.1) is 5.56 Å². The molecule has 1 heterocycles. The van der Waals surface area contributed by atoms with Crippen molar-refractivity contribution in [2.24, 2.45) is 5.92 Å². The van der Waals surface area contributed by atoms with Crippen molar-refractivity contribution in [2.45, 2.75) is 25.9 Å². The van der Waals surface area contributed by atoms with Gasteiger partial charge in [-0.2, -0.15) is 13.2 Å². The van der Waals surface area contributed by atoms with Crippen LogP contribution in [-0.4, -0.2) is 21.9 Å². The summed E-state index contributed by atoms with van der Waals surface area (Å²) < 4.78 is 57.9. The van der Waals surface area contributed by atoms with E-state index in [1.165, 1.54) is 18.5 Å². The Hall–Kier alpha value is -4.22. The molecule has 1 aromatic heterocycles. The fraction of sp³-hybridized carbons (Fsp3) is 0.217. The molecule has 3 N–H and O–H groups in total. The summed E-state index contributed by atoms with van der Waals surface area (Å²) in [5, 5.41) is 7.34. The number of hydrogen-bond donors (Lipinski definition) is 3. The van der Waals surface area contributed by atoms with E-state index < -0.39 is 23.6 Å². The highest BCUT2D eigenvalue weighted by atomic mass is 19.4. The average Bonchev–Trinajstić information content (AvgIpc) is 3.58. The number of alkyl halides is 3. The van der Waals surface area contributed by atoms with Gasteiger partial charge < -0.3 is 20.7 Å². The molecular formula is C23H19F4N5O3. The van der Waals surface area contributed by atoms with Crippen molar-refractivity contribution < 1.29 is 31.9 Å². The van der Waals surface area contributed by atoms with Gasteiger partial charge in [0.2, 0.25) is 11.8 Å². The van der Waals surface area contributed by atoms with E-state index in [1.54, 1.807) is 19.1 Å². The lowest BCUT2D eigenvalue weighted by Crippen LogP contribution is -2.20. The van der Waals surface area contributed by atoms with Gasteiger partial charge in [-0.1, -0.05) is 0 Å². The van der Waals surface area contributed by atoms with Crippen LogP contribution in [0.25, 0.3) is 0 Å². The largest absolute Gasteiger partial charge is 0.439 e. The van der Waals surface area contributed by atoms with Gasteiger partial charge >= 0.3 is 12.2 Å². The van der Waals surface area contributed by atoms with Gasteiger partial charge in [-0.15, -0.1) is 0 Å². The lowest BCUT2D eigenvalue weighted by molar-refractivity contribution is -0.137. The highest BCUT2D eigenvalue weighted by molar-refractivity contribution is 6.00. The van der Waals surface area contributed by atoms with Crippen LogP contribution in [0.3, 0.4) is 0 Å². The Bertz CT molecular complexity index is 1280. The van der Waals surface area contributed by atoms with E-state index in [9.17, 15) is 27.2 Å². The molecule has 0 radical (unpaired) electrons. The van der Waals surface area contributed by atoms with Crippen molar-refractivity contribution in [3.05, 3.63) is 65.7 Å². The van der Waals surface area contributed by atoms with Crippen LogP contribution in [-0.2, 0) is 11.0 Å². The van der Waals surface area contributed by atoms with E-state index in [4.69, 9.17) is 4.74 Å². The molecule has 3 amide bonds. The molecule has 0 atom stereocenters. The van der Waals surface area contributed by atoms with Gasteiger partial charge in [0, 0.05) is 29.4 Å². The molecule has 12 heteroatoms. The molecule has 1 saturated carbocycles. The Morgan fingerprint density at radius 2 is 1.66 bits per heavy atom. The zero-order chi connectivity index (χ0) is 25.2. The summed E-state index contributed by atoms with van der Waals surface area (Å²) in [5.74, 6) is -0.540. The smallest absolute Gasteiger partial charge is 0.416 e. The van der Waals surface area contributed by atoms with E-state index in [-0.39, 0.29) is 34.9 Å². The molecule has 8 nitrogen and oxygen atoms in total. The predicted octanol–water partition coefficient (Wildman–Crippen LogP) is 5.73. The topological polar surface area (TPSA) is 105 Å². The van der Waals surface area contributed by atoms with E-state index in [0.29, 0.717) is 23.4 Å². The quantitative estimate of drug-likeness (QED) is 0.384. The summed E-state index contributed by atoms with van der Waals surface area (Å²) in [6.45, 7) is 1.74. The first-order valence-electron chi connectivity index (χ1n) is 10.4. The van der Waals surface area contributed by atoms with E-state index >= 15 is 0 Å². The number of nitrogens with zero attached hydrogens (tertiary/aromatic N) is 2. The molecule has 1 aliphatic carbocycles. The lowest BCUT2D eigenvalue weighted by atomic mass is 10.2. The number of anilines is 3. The molecule has 1 aliphatic rings. The van der Waals surface area contributed by atoms with Crippen LogP contribution in [0, 0.1) is 18.7 Å². The standard InChI is InChI=1S/C23H19F4N5O3/c1-12-4-16(30-22(34)31-17-7-14(23(25,26)27)6-15(24)8-17)9-18(5-12)35-20-10-19(28-11-29-20)32-21(33)13-2-3-13/h4-11,13H,2-3H2,1H3,(H2,30,31,34)(H,28,29,32,33). The number of aryl methyl sites for hydroxylation is 1. The molecule has 2 aromatic carbocycles. The molecule has 4 rings (SSSR count). The first-order chi connectivity index (χ1) is 16.5. The van der Waals surface area contributed by atoms with E-state index in [0.717, 1.165) is 18.9 Å². The van der Waals surface area contributed by atoms with Crippen molar-refractivity contribution in [2.75, 3.05) is 16.0 Å². The second-order valence-electron chi connectivity index (χ2n) is 7.95.